The average molecular weight is 335 g/mol. The zero-order valence-electron chi connectivity index (χ0n) is 11.2. The molecule has 0 aliphatic heterocycles. The standard InChI is InChI=1S/C15H15BrN2O2/c1-9-3-5-12(16)14(7-9)18-10-4-6-13(17)11(8-10)15(19)20-2/h3-8,18H,17H2,1-2H3. The molecule has 0 unspecified atom stereocenters. The Bertz CT molecular complexity index is 656. The van der Waals surface area contributed by atoms with Crippen LogP contribution in [0.15, 0.2) is 40.9 Å². The molecule has 0 aromatic heterocycles. The molecule has 4 nitrogen and oxygen atoms in total. The Kier molecular flexibility index (Phi) is 4.29. The van der Waals surface area contributed by atoms with Gasteiger partial charge in [0.05, 0.1) is 18.4 Å². The second-order valence-corrected chi connectivity index (χ2v) is 5.26. The monoisotopic (exact) mass is 334 g/mol. The van der Waals surface area contributed by atoms with E-state index in [-0.39, 0.29) is 0 Å². The number of carbonyl (C=O) groups is 1. The van der Waals surface area contributed by atoms with Crippen LogP contribution in [0.4, 0.5) is 17.1 Å². The van der Waals surface area contributed by atoms with E-state index in [1.807, 2.05) is 31.2 Å². The second kappa shape index (κ2) is 5.96. The van der Waals surface area contributed by atoms with Gasteiger partial charge in [0.25, 0.3) is 0 Å². The van der Waals surface area contributed by atoms with Crippen LogP contribution in [0, 0.1) is 6.92 Å². The van der Waals surface area contributed by atoms with Crippen molar-refractivity contribution in [1.82, 2.24) is 0 Å². The number of carbonyl (C=O) groups excluding carboxylic acids is 1. The maximum Gasteiger partial charge on any atom is 0.340 e. The van der Waals surface area contributed by atoms with Gasteiger partial charge in [-0.2, -0.15) is 0 Å². The number of nitrogen functional groups attached to an aromatic ring is 1. The number of anilines is 3. The first-order valence-electron chi connectivity index (χ1n) is 6.02. The van der Waals surface area contributed by atoms with Crippen LogP contribution in [0.5, 0.6) is 0 Å². The van der Waals surface area contributed by atoms with Gasteiger partial charge in [-0.1, -0.05) is 6.07 Å². The average Bonchev–Trinajstić information content (AvgIpc) is 2.44. The van der Waals surface area contributed by atoms with Crippen LogP contribution in [0.25, 0.3) is 0 Å². The number of hydrogen-bond acceptors (Lipinski definition) is 4. The van der Waals surface area contributed by atoms with Crippen molar-refractivity contribution in [3.63, 3.8) is 0 Å². The predicted octanol–water partition coefficient (Wildman–Crippen LogP) is 3.87. The molecule has 104 valence electrons. The number of methoxy groups -OCH3 is 1. The lowest BCUT2D eigenvalue weighted by Gasteiger charge is -2.11. The van der Waals surface area contributed by atoms with Crippen LogP contribution in [0.1, 0.15) is 15.9 Å². The van der Waals surface area contributed by atoms with Crippen LogP contribution in [0.3, 0.4) is 0 Å². The largest absolute Gasteiger partial charge is 0.465 e. The van der Waals surface area contributed by atoms with Crippen molar-refractivity contribution >= 4 is 39.0 Å². The van der Waals surface area contributed by atoms with Crippen LogP contribution >= 0.6 is 15.9 Å². The SMILES string of the molecule is COC(=O)c1cc(Nc2cc(C)ccc2Br)ccc1N. The number of hydrogen-bond donors (Lipinski definition) is 2. The zero-order valence-corrected chi connectivity index (χ0v) is 12.8. The summed E-state index contributed by atoms with van der Waals surface area (Å²) in [5.41, 5.74) is 9.35. The molecule has 0 aliphatic carbocycles. The van der Waals surface area contributed by atoms with Crippen LogP contribution in [0.2, 0.25) is 0 Å². The Balaban J connectivity index is 2.34. The first-order valence-corrected chi connectivity index (χ1v) is 6.81. The molecule has 0 saturated carbocycles. The summed E-state index contributed by atoms with van der Waals surface area (Å²) in [6, 6.07) is 11.2. The van der Waals surface area contributed by atoms with Gasteiger partial charge in [-0.05, 0) is 58.7 Å². The van der Waals surface area contributed by atoms with Gasteiger partial charge in [-0.3, -0.25) is 0 Å². The lowest BCUT2D eigenvalue weighted by atomic mass is 10.1. The summed E-state index contributed by atoms with van der Waals surface area (Å²) in [7, 11) is 1.33. The summed E-state index contributed by atoms with van der Waals surface area (Å²) in [6.07, 6.45) is 0. The number of aryl methyl sites for hydroxylation is 1. The molecule has 3 N–H and O–H groups in total. The van der Waals surface area contributed by atoms with Crippen molar-refractivity contribution in [3.8, 4) is 0 Å². The smallest absolute Gasteiger partial charge is 0.340 e. The molecule has 0 bridgehead atoms. The molecule has 0 heterocycles. The minimum absolute atomic E-state index is 0.348. The summed E-state index contributed by atoms with van der Waals surface area (Å²) in [6.45, 7) is 2.01. The molecule has 5 heteroatoms. The summed E-state index contributed by atoms with van der Waals surface area (Å²) in [5, 5.41) is 3.25. The number of rotatable bonds is 3. The summed E-state index contributed by atoms with van der Waals surface area (Å²) < 4.78 is 5.65. The van der Waals surface area contributed by atoms with E-state index in [1.165, 1.54) is 7.11 Å². The van der Waals surface area contributed by atoms with Gasteiger partial charge < -0.3 is 15.8 Å². The fraction of sp³-hybridized carbons (Fsp3) is 0.133. The molecule has 2 aromatic carbocycles. The van der Waals surface area contributed by atoms with Crippen molar-refractivity contribution in [2.75, 3.05) is 18.2 Å². The Hall–Kier alpha value is -2.01. The highest BCUT2D eigenvalue weighted by Crippen LogP contribution is 2.28. The van der Waals surface area contributed by atoms with Crippen molar-refractivity contribution < 1.29 is 9.53 Å². The van der Waals surface area contributed by atoms with Crippen molar-refractivity contribution in [2.45, 2.75) is 6.92 Å². The molecule has 0 aliphatic rings. The first-order chi connectivity index (χ1) is 9.51. The Morgan fingerprint density at radius 3 is 2.70 bits per heavy atom. The van der Waals surface area contributed by atoms with Crippen LogP contribution in [-0.4, -0.2) is 13.1 Å². The molecule has 0 atom stereocenters. The molecule has 0 radical (unpaired) electrons. The highest BCUT2D eigenvalue weighted by Gasteiger charge is 2.11. The Morgan fingerprint density at radius 1 is 1.25 bits per heavy atom. The van der Waals surface area contributed by atoms with Crippen molar-refractivity contribution in [2.24, 2.45) is 0 Å². The van der Waals surface area contributed by atoms with E-state index in [0.717, 1.165) is 21.4 Å². The molecule has 20 heavy (non-hydrogen) atoms. The molecule has 2 rings (SSSR count). The van der Waals surface area contributed by atoms with E-state index in [4.69, 9.17) is 10.5 Å². The van der Waals surface area contributed by atoms with Gasteiger partial charge in [0.1, 0.15) is 0 Å². The van der Waals surface area contributed by atoms with Gasteiger partial charge in [0.15, 0.2) is 0 Å². The zero-order chi connectivity index (χ0) is 14.7. The van der Waals surface area contributed by atoms with Gasteiger partial charge >= 0.3 is 5.97 Å². The number of halogens is 1. The highest BCUT2D eigenvalue weighted by atomic mass is 79.9. The number of nitrogens with two attached hydrogens (primary N) is 1. The van der Waals surface area contributed by atoms with Gasteiger partial charge in [0.2, 0.25) is 0 Å². The minimum Gasteiger partial charge on any atom is -0.465 e. The quantitative estimate of drug-likeness (QED) is 0.660. The van der Waals surface area contributed by atoms with E-state index in [9.17, 15) is 4.79 Å². The number of nitrogens with one attached hydrogen (secondary N) is 1. The van der Waals surface area contributed by atoms with Crippen LogP contribution in [-0.2, 0) is 4.74 Å². The molecular weight excluding hydrogens is 320 g/mol. The first kappa shape index (κ1) is 14.4. The Labute approximate surface area is 126 Å². The van der Waals surface area contributed by atoms with E-state index in [0.29, 0.717) is 11.3 Å². The number of esters is 1. The van der Waals surface area contributed by atoms with Crippen molar-refractivity contribution in [3.05, 3.63) is 52.0 Å². The second-order valence-electron chi connectivity index (χ2n) is 4.40. The maximum absolute atomic E-state index is 11.6. The summed E-state index contributed by atoms with van der Waals surface area (Å²) in [4.78, 5) is 11.6. The number of benzene rings is 2. The highest BCUT2D eigenvalue weighted by molar-refractivity contribution is 9.10. The lowest BCUT2D eigenvalue weighted by molar-refractivity contribution is 0.0602. The number of ether oxygens (including phenoxy) is 1. The third-order valence-electron chi connectivity index (χ3n) is 2.86. The van der Waals surface area contributed by atoms with E-state index in [2.05, 4.69) is 21.2 Å². The van der Waals surface area contributed by atoms with E-state index < -0.39 is 5.97 Å². The van der Waals surface area contributed by atoms with Crippen LogP contribution < -0.4 is 11.1 Å². The predicted molar refractivity (Wildman–Crippen MR) is 84.4 cm³/mol. The van der Waals surface area contributed by atoms with Crippen molar-refractivity contribution in [1.29, 1.82) is 0 Å². The van der Waals surface area contributed by atoms with Gasteiger partial charge in [0, 0.05) is 15.8 Å². The third-order valence-corrected chi connectivity index (χ3v) is 3.55. The summed E-state index contributed by atoms with van der Waals surface area (Å²) >= 11 is 3.48. The third kappa shape index (κ3) is 3.11. The lowest BCUT2D eigenvalue weighted by Crippen LogP contribution is -2.06. The normalized spacial score (nSPS) is 10.2. The topological polar surface area (TPSA) is 64.3 Å². The molecular formula is C15H15BrN2O2. The van der Waals surface area contributed by atoms with E-state index >= 15 is 0 Å². The fourth-order valence-corrected chi connectivity index (χ4v) is 2.16. The molecule has 0 fully saturated rings. The van der Waals surface area contributed by atoms with Gasteiger partial charge in [-0.25, -0.2) is 4.79 Å². The molecule has 0 amide bonds. The summed E-state index contributed by atoms with van der Waals surface area (Å²) in [5.74, 6) is -0.450. The molecule has 0 spiro atoms. The maximum atomic E-state index is 11.6. The van der Waals surface area contributed by atoms with E-state index in [1.54, 1.807) is 12.1 Å². The van der Waals surface area contributed by atoms with Gasteiger partial charge in [-0.15, -0.1) is 0 Å². The minimum atomic E-state index is -0.450. The molecule has 0 saturated heterocycles. The molecule has 2 aromatic rings. The Morgan fingerprint density at radius 2 is 2.00 bits per heavy atom. The fourth-order valence-electron chi connectivity index (χ4n) is 1.81.